The van der Waals surface area contributed by atoms with Crippen molar-refractivity contribution in [2.75, 3.05) is 0 Å². The number of nitrogens with zero attached hydrogens (tertiary/aromatic N) is 1. The molecule has 1 aliphatic rings. The number of hydrogen-bond acceptors (Lipinski definition) is 2. The van der Waals surface area contributed by atoms with E-state index in [0.717, 1.165) is 18.7 Å². The van der Waals surface area contributed by atoms with Crippen LogP contribution in [-0.2, 0) is 6.54 Å². The molecule has 1 N–H and O–H groups in total. The van der Waals surface area contributed by atoms with Gasteiger partial charge in [-0.3, -0.25) is 4.98 Å². The highest BCUT2D eigenvalue weighted by molar-refractivity contribution is 6.21. The van der Waals surface area contributed by atoms with Gasteiger partial charge < -0.3 is 5.32 Å². The number of aromatic nitrogens is 1. The molecule has 16 heavy (non-hydrogen) atoms. The molecule has 3 heteroatoms. The maximum Gasteiger partial charge on any atom is 0.0541 e. The van der Waals surface area contributed by atoms with E-state index in [1.165, 1.54) is 25.7 Å². The zero-order chi connectivity index (χ0) is 11.2. The van der Waals surface area contributed by atoms with E-state index in [0.29, 0.717) is 6.04 Å². The fourth-order valence-corrected chi connectivity index (χ4v) is 2.60. The number of pyridine rings is 1. The van der Waals surface area contributed by atoms with Crippen LogP contribution < -0.4 is 5.32 Å². The van der Waals surface area contributed by atoms with Crippen LogP contribution in [0.1, 0.15) is 37.8 Å². The van der Waals surface area contributed by atoms with E-state index >= 15 is 0 Å². The predicted octanol–water partition coefficient (Wildman–Crippen LogP) is 3.11. The van der Waals surface area contributed by atoms with Gasteiger partial charge in [0.05, 0.1) is 5.69 Å². The highest BCUT2D eigenvalue weighted by Crippen LogP contribution is 2.22. The van der Waals surface area contributed by atoms with Crippen molar-refractivity contribution in [1.82, 2.24) is 10.3 Å². The third-order valence-electron chi connectivity index (χ3n) is 3.20. The van der Waals surface area contributed by atoms with Crippen molar-refractivity contribution >= 4 is 11.6 Å². The molecule has 0 saturated heterocycles. The molecule has 1 aliphatic carbocycles. The minimum atomic E-state index is 0.284. The van der Waals surface area contributed by atoms with Crippen molar-refractivity contribution in [1.29, 1.82) is 0 Å². The van der Waals surface area contributed by atoms with Crippen LogP contribution in [-0.4, -0.2) is 16.4 Å². The lowest BCUT2D eigenvalue weighted by atomic mass is 10.1. The predicted molar refractivity (Wildman–Crippen MR) is 67.6 cm³/mol. The summed E-state index contributed by atoms with van der Waals surface area (Å²) in [4.78, 5) is 4.31. The molecule has 0 radical (unpaired) electrons. The van der Waals surface area contributed by atoms with E-state index in [1.807, 2.05) is 24.4 Å². The standard InChI is InChI=1S/C13H19ClN2/c14-12-7-2-1-3-8-13(12)16-10-11-6-4-5-9-15-11/h4-6,9,12-13,16H,1-3,7-8,10H2. The summed E-state index contributed by atoms with van der Waals surface area (Å²) in [6, 6.07) is 6.47. The van der Waals surface area contributed by atoms with Crippen LogP contribution in [0, 0.1) is 0 Å². The number of rotatable bonds is 3. The average molecular weight is 239 g/mol. The van der Waals surface area contributed by atoms with Gasteiger partial charge in [-0.15, -0.1) is 11.6 Å². The van der Waals surface area contributed by atoms with E-state index in [4.69, 9.17) is 11.6 Å². The molecule has 0 amide bonds. The molecule has 1 fully saturated rings. The summed E-state index contributed by atoms with van der Waals surface area (Å²) in [5.74, 6) is 0. The van der Waals surface area contributed by atoms with Crippen molar-refractivity contribution in [3.05, 3.63) is 30.1 Å². The summed E-state index contributed by atoms with van der Waals surface area (Å²) in [6.45, 7) is 0.828. The number of hydrogen-bond donors (Lipinski definition) is 1. The molecule has 0 aromatic carbocycles. The molecule has 1 heterocycles. The normalized spacial score (nSPS) is 26.3. The first-order chi connectivity index (χ1) is 7.86. The van der Waals surface area contributed by atoms with E-state index in [1.54, 1.807) is 0 Å². The Balaban J connectivity index is 1.84. The summed E-state index contributed by atoms with van der Waals surface area (Å²) < 4.78 is 0. The smallest absolute Gasteiger partial charge is 0.0541 e. The summed E-state index contributed by atoms with van der Waals surface area (Å²) in [5, 5.41) is 3.82. The van der Waals surface area contributed by atoms with E-state index < -0.39 is 0 Å². The minimum absolute atomic E-state index is 0.284. The van der Waals surface area contributed by atoms with Gasteiger partial charge >= 0.3 is 0 Å². The average Bonchev–Trinajstić information content (AvgIpc) is 2.53. The molecular weight excluding hydrogens is 220 g/mol. The molecule has 0 aliphatic heterocycles. The molecular formula is C13H19ClN2. The van der Waals surface area contributed by atoms with Crippen LogP contribution in [0.15, 0.2) is 24.4 Å². The van der Waals surface area contributed by atoms with Crippen LogP contribution in [0.2, 0.25) is 0 Å². The number of halogens is 1. The molecule has 2 unspecified atom stereocenters. The van der Waals surface area contributed by atoms with E-state index in [-0.39, 0.29) is 5.38 Å². The maximum absolute atomic E-state index is 6.37. The van der Waals surface area contributed by atoms with Crippen LogP contribution in [0.3, 0.4) is 0 Å². The van der Waals surface area contributed by atoms with Gasteiger partial charge in [0, 0.05) is 24.2 Å². The van der Waals surface area contributed by atoms with Crippen molar-refractivity contribution in [2.45, 2.75) is 50.1 Å². The summed E-state index contributed by atoms with van der Waals surface area (Å²) in [7, 11) is 0. The summed E-state index contributed by atoms with van der Waals surface area (Å²) in [5.41, 5.74) is 1.09. The van der Waals surface area contributed by atoms with Gasteiger partial charge in [-0.1, -0.05) is 25.3 Å². The van der Waals surface area contributed by atoms with Gasteiger partial charge in [-0.2, -0.15) is 0 Å². The molecule has 2 nitrogen and oxygen atoms in total. The molecule has 1 aromatic rings. The van der Waals surface area contributed by atoms with Gasteiger partial charge in [0.2, 0.25) is 0 Å². The molecule has 0 bridgehead atoms. The van der Waals surface area contributed by atoms with Crippen LogP contribution >= 0.6 is 11.6 Å². The first kappa shape index (κ1) is 11.9. The first-order valence-electron chi connectivity index (χ1n) is 6.13. The topological polar surface area (TPSA) is 24.9 Å². The first-order valence-corrected chi connectivity index (χ1v) is 6.57. The Morgan fingerprint density at radius 3 is 2.94 bits per heavy atom. The Hall–Kier alpha value is -0.600. The molecule has 2 rings (SSSR count). The third kappa shape index (κ3) is 3.46. The van der Waals surface area contributed by atoms with Gasteiger partial charge in [0.15, 0.2) is 0 Å². The Labute approximate surface area is 102 Å². The van der Waals surface area contributed by atoms with Gasteiger partial charge in [0.25, 0.3) is 0 Å². The van der Waals surface area contributed by atoms with E-state index in [2.05, 4.69) is 10.3 Å². The second kappa shape index (κ2) is 6.21. The Morgan fingerprint density at radius 2 is 2.12 bits per heavy atom. The van der Waals surface area contributed by atoms with E-state index in [9.17, 15) is 0 Å². The second-order valence-corrected chi connectivity index (χ2v) is 5.02. The molecule has 2 atom stereocenters. The minimum Gasteiger partial charge on any atom is -0.307 e. The van der Waals surface area contributed by atoms with Crippen molar-refractivity contribution < 1.29 is 0 Å². The lowest BCUT2D eigenvalue weighted by molar-refractivity contribution is 0.461. The van der Waals surface area contributed by atoms with Crippen LogP contribution in [0.25, 0.3) is 0 Å². The molecule has 1 aromatic heterocycles. The van der Waals surface area contributed by atoms with Crippen LogP contribution in [0.5, 0.6) is 0 Å². The maximum atomic E-state index is 6.37. The zero-order valence-electron chi connectivity index (χ0n) is 9.53. The Bertz CT molecular complexity index is 302. The molecule has 88 valence electrons. The van der Waals surface area contributed by atoms with Crippen molar-refractivity contribution in [3.8, 4) is 0 Å². The molecule has 0 spiro atoms. The largest absolute Gasteiger partial charge is 0.307 e. The zero-order valence-corrected chi connectivity index (χ0v) is 10.3. The second-order valence-electron chi connectivity index (χ2n) is 4.46. The summed E-state index contributed by atoms with van der Waals surface area (Å²) >= 11 is 6.37. The van der Waals surface area contributed by atoms with Crippen molar-refractivity contribution in [3.63, 3.8) is 0 Å². The number of alkyl halides is 1. The van der Waals surface area contributed by atoms with Crippen molar-refractivity contribution in [2.24, 2.45) is 0 Å². The fraction of sp³-hybridized carbons (Fsp3) is 0.615. The molecule has 1 saturated carbocycles. The Kier molecular flexibility index (Phi) is 4.61. The Morgan fingerprint density at radius 1 is 1.25 bits per heavy atom. The monoisotopic (exact) mass is 238 g/mol. The van der Waals surface area contributed by atoms with Gasteiger partial charge in [0.1, 0.15) is 0 Å². The summed E-state index contributed by atoms with van der Waals surface area (Å²) in [6.07, 6.45) is 8.06. The lowest BCUT2D eigenvalue weighted by Crippen LogP contribution is -2.36. The third-order valence-corrected chi connectivity index (χ3v) is 3.73. The SMILES string of the molecule is ClC1CCCCCC1NCc1ccccn1. The highest BCUT2D eigenvalue weighted by atomic mass is 35.5. The lowest BCUT2D eigenvalue weighted by Gasteiger charge is -2.20. The van der Waals surface area contributed by atoms with Crippen LogP contribution in [0.4, 0.5) is 0 Å². The highest BCUT2D eigenvalue weighted by Gasteiger charge is 2.20. The van der Waals surface area contributed by atoms with Gasteiger partial charge in [-0.25, -0.2) is 0 Å². The fourth-order valence-electron chi connectivity index (χ4n) is 2.23. The quantitative estimate of drug-likeness (QED) is 0.647. The number of nitrogens with one attached hydrogen (secondary N) is 1. The van der Waals surface area contributed by atoms with Gasteiger partial charge in [-0.05, 0) is 25.0 Å².